The van der Waals surface area contributed by atoms with Crippen molar-refractivity contribution in [2.75, 3.05) is 19.7 Å². The Bertz CT molecular complexity index is 1750. The van der Waals surface area contributed by atoms with Crippen LogP contribution in [0.3, 0.4) is 0 Å². The van der Waals surface area contributed by atoms with Gasteiger partial charge in [-0.15, -0.1) is 0 Å². The van der Waals surface area contributed by atoms with E-state index in [1.54, 1.807) is 24.9 Å². The molecule has 2 aliphatic rings. The van der Waals surface area contributed by atoms with Crippen LogP contribution < -0.4 is 11.2 Å². The fraction of sp³-hybridized carbons (Fsp3) is 0.536. The molecule has 2 fully saturated rings. The maximum atomic E-state index is 13.4. The van der Waals surface area contributed by atoms with E-state index in [1.165, 1.54) is 17.9 Å². The van der Waals surface area contributed by atoms with E-state index in [9.17, 15) is 19.5 Å². The summed E-state index contributed by atoms with van der Waals surface area (Å²) in [4.78, 5) is 49.3. The number of benzene rings is 1. The minimum atomic E-state index is -1.21. The Morgan fingerprint density at radius 2 is 1.82 bits per heavy atom. The monoisotopic (exact) mass is 549 g/mol. The number of nitrogens with zero attached hydrogens (tertiary/aromatic N) is 7. The highest BCUT2D eigenvalue weighted by Crippen LogP contribution is 2.44. The first-order valence-corrected chi connectivity index (χ1v) is 13.7. The van der Waals surface area contributed by atoms with Gasteiger partial charge in [0.25, 0.3) is 11.5 Å². The Balaban J connectivity index is 1.19. The number of aryl methyl sites for hydroxylation is 1. The number of rotatable bonds is 3. The SMILES string of the molecule is CC(C)n1cnc2cc(C(=O)N3CCC4(CC3)C[C@@](C)(O)[C@H](n3cnc5c3c(=O)n(C)c(=O)n5C)CO4)ccc21. The second kappa shape index (κ2) is 9.13. The van der Waals surface area contributed by atoms with Crippen LogP contribution in [-0.2, 0) is 18.8 Å². The molecule has 12 heteroatoms. The van der Waals surface area contributed by atoms with Gasteiger partial charge in [-0.1, -0.05) is 0 Å². The second-order valence-electron chi connectivity index (χ2n) is 11.8. The number of amides is 1. The smallest absolute Gasteiger partial charge is 0.332 e. The van der Waals surface area contributed by atoms with Crippen molar-refractivity contribution in [1.82, 2.24) is 33.1 Å². The quantitative estimate of drug-likeness (QED) is 0.412. The highest BCUT2D eigenvalue weighted by atomic mass is 16.5. The standard InChI is InChI=1S/C28H35N7O5/c1-17(2)34-15-29-19-12-18(6-7-20(19)34)24(36)33-10-8-28(9-11-33)14-27(3,39)21(13-40-28)35-16-30-23-22(35)25(37)32(5)26(38)31(23)4/h6-7,12,15-17,21,39H,8-11,13-14H2,1-5H3/t21-,27-/m1/s1. The molecule has 4 aromatic rings. The van der Waals surface area contributed by atoms with Crippen LogP contribution >= 0.6 is 0 Å². The molecule has 212 valence electrons. The molecule has 5 heterocycles. The number of hydrogen-bond acceptors (Lipinski definition) is 7. The topological polar surface area (TPSA) is 129 Å². The van der Waals surface area contributed by atoms with E-state index < -0.39 is 28.5 Å². The van der Waals surface area contributed by atoms with Crippen LogP contribution in [0.15, 0.2) is 40.4 Å². The van der Waals surface area contributed by atoms with Crippen LogP contribution in [-0.4, -0.2) is 75.0 Å². The predicted octanol–water partition coefficient (Wildman–Crippen LogP) is 1.75. The molecule has 1 spiro atoms. The van der Waals surface area contributed by atoms with Crippen LogP contribution in [0.1, 0.15) is 62.5 Å². The van der Waals surface area contributed by atoms with E-state index in [0.29, 0.717) is 37.9 Å². The molecule has 2 saturated heterocycles. The van der Waals surface area contributed by atoms with E-state index in [-0.39, 0.29) is 29.7 Å². The summed E-state index contributed by atoms with van der Waals surface area (Å²) in [5.74, 6) is -0.0392. The summed E-state index contributed by atoms with van der Waals surface area (Å²) in [6.45, 7) is 7.14. The van der Waals surface area contributed by atoms with Crippen molar-refractivity contribution in [3.05, 3.63) is 57.3 Å². The van der Waals surface area contributed by atoms with Gasteiger partial charge in [0.05, 0.1) is 47.5 Å². The molecule has 0 radical (unpaired) electrons. The van der Waals surface area contributed by atoms with Crippen molar-refractivity contribution < 1.29 is 14.6 Å². The molecule has 1 amide bonds. The lowest BCUT2D eigenvalue weighted by atomic mass is 9.75. The summed E-state index contributed by atoms with van der Waals surface area (Å²) in [6, 6.07) is 5.38. The van der Waals surface area contributed by atoms with Gasteiger partial charge in [0.1, 0.15) is 0 Å². The number of piperidine rings is 1. The molecule has 0 unspecified atom stereocenters. The molecule has 40 heavy (non-hydrogen) atoms. The molecule has 1 aromatic carbocycles. The third-order valence-electron chi connectivity index (χ3n) is 8.79. The minimum Gasteiger partial charge on any atom is -0.388 e. The van der Waals surface area contributed by atoms with Gasteiger partial charge in [-0.25, -0.2) is 14.8 Å². The lowest BCUT2D eigenvalue weighted by Crippen LogP contribution is -2.58. The largest absolute Gasteiger partial charge is 0.388 e. The van der Waals surface area contributed by atoms with Crippen molar-refractivity contribution in [2.45, 2.75) is 63.3 Å². The number of carbonyl (C=O) groups is 1. The number of aliphatic hydroxyl groups is 1. The number of ether oxygens (including phenoxy) is 1. The Labute approximate surface area is 230 Å². The van der Waals surface area contributed by atoms with Crippen LogP contribution in [0.4, 0.5) is 0 Å². The van der Waals surface area contributed by atoms with Gasteiger partial charge in [0, 0.05) is 45.2 Å². The maximum Gasteiger partial charge on any atom is 0.332 e. The van der Waals surface area contributed by atoms with Crippen LogP contribution in [0.2, 0.25) is 0 Å². The minimum absolute atomic E-state index is 0.0392. The molecule has 2 aliphatic heterocycles. The summed E-state index contributed by atoms with van der Waals surface area (Å²) in [5.41, 5.74) is 0.220. The Hall–Kier alpha value is -3.77. The van der Waals surface area contributed by atoms with Crippen molar-refractivity contribution in [1.29, 1.82) is 0 Å². The first-order chi connectivity index (χ1) is 18.9. The fourth-order valence-corrected chi connectivity index (χ4v) is 6.43. The Morgan fingerprint density at radius 3 is 2.50 bits per heavy atom. The molecular formula is C28H35N7O5. The summed E-state index contributed by atoms with van der Waals surface area (Å²) in [7, 11) is 2.99. The molecule has 3 aromatic heterocycles. The zero-order valence-electron chi connectivity index (χ0n) is 23.5. The summed E-state index contributed by atoms with van der Waals surface area (Å²) >= 11 is 0. The summed E-state index contributed by atoms with van der Waals surface area (Å²) < 4.78 is 12.5. The molecule has 12 nitrogen and oxygen atoms in total. The third kappa shape index (κ3) is 4.00. The Kier molecular flexibility index (Phi) is 6.04. The highest BCUT2D eigenvalue weighted by molar-refractivity contribution is 5.97. The number of aromatic nitrogens is 6. The van der Waals surface area contributed by atoms with Gasteiger partial charge in [-0.3, -0.25) is 18.7 Å². The average molecular weight is 550 g/mol. The number of carbonyl (C=O) groups excluding carboxylic acids is 1. The van der Waals surface area contributed by atoms with E-state index in [2.05, 4.69) is 28.4 Å². The number of imidazole rings is 2. The van der Waals surface area contributed by atoms with Gasteiger partial charge in [-0.05, 0) is 51.8 Å². The Morgan fingerprint density at radius 1 is 1.10 bits per heavy atom. The van der Waals surface area contributed by atoms with Gasteiger partial charge < -0.3 is 23.9 Å². The summed E-state index contributed by atoms with van der Waals surface area (Å²) in [5, 5.41) is 11.7. The zero-order valence-corrected chi connectivity index (χ0v) is 23.5. The van der Waals surface area contributed by atoms with Crippen molar-refractivity contribution in [3.8, 4) is 0 Å². The summed E-state index contributed by atoms with van der Waals surface area (Å²) in [6.07, 6.45) is 4.82. The predicted molar refractivity (Wildman–Crippen MR) is 148 cm³/mol. The number of likely N-dealkylation sites (tertiary alicyclic amines) is 1. The number of fused-ring (bicyclic) bond motifs is 2. The second-order valence-corrected chi connectivity index (χ2v) is 11.8. The van der Waals surface area contributed by atoms with E-state index in [1.807, 2.05) is 23.1 Å². The molecule has 0 aliphatic carbocycles. The first kappa shape index (κ1) is 26.5. The van der Waals surface area contributed by atoms with Gasteiger partial charge >= 0.3 is 5.69 Å². The van der Waals surface area contributed by atoms with E-state index >= 15 is 0 Å². The third-order valence-corrected chi connectivity index (χ3v) is 8.79. The molecule has 0 saturated carbocycles. The number of hydrogen-bond donors (Lipinski definition) is 1. The first-order valence-electron chi connectivity index (χ1n) is 13.7. The molecule has 2 atom stereocenters. The van der Waals surface area contributed by atoms with Gasteiger partial charge in [-0.2, -0.15) is 0 Å². The molecular weight excluding hydrogens is 514 g/mol. The fourth-order valence-electron chi connectivity index (χ4n) is 6.43. The van der Waals surface area contributed by atoms with Crippen LogP contribution in [0.25, 0.3) is 22.2 Å². The molecule has 6 rings (SSSR count). The van der Waals surface area contributed by atoms with Gasteiger partial charge in [0.2, 0.25) is 0 Å². The highest BCUT2D eigenvalue weighted by Gasteiger charge is 2.50. The van der Waals surface area contributed by atoms with Crippen molar-refractivity contribution >= 4 is 28.1 Å². The van der Waals surface area contributed by atoms with Crippen LogP contribution in [0.5, 0.6) is 0 Å². The van der Waals surface area contributed by atoms with E-state index in [4.69, 9.17) is 4.74 Å². The van der Waals surface area contributed by atoms with Gasteiger partial charge in [0.15, 0.2) is 11.2 Å². The van der Waals surface area contributed by atoms with Crippen LogP contribution in [0, 0.1) is 0 Å². The molecule has 0 bridgehead atoms. The van der Waals surface area contributed by atoms with Crippen molar-refractivity contribution in [2.24, 2.45) is 14.1 Å². The zero-order chi connectivity index (χ0) is 28.6. The molecule has 1 N–H and O–H groups in total. The maximum absolute atomic E-state index is 13.4. The average Bonchev–Trinajstić information content (AvgIpc) is 3.55. The normalized spacial score (nSPS) is 23.1. The lowest BCUT2D eigenvalue weighted by Gasteiger charge is -2.51. The lowest BCUT2D eigenvalue weighted by molar-refractivity contribution is -0.194. The van der Waals surface area contributed by atoms with Crippen molar-refractivity contribution in [3.63, 3.8) is 0 Å². The van der Waals surface area contributed by atoms with E-state index in [0.717, 1.165) is 15.6 Å².